The molecule has 1 saturated heterocycles. The van der Waals surface area contributed by atoms with Crippen LogP contribution in [0.4, 0.5) is 14.5 Å². The fourth-order valence-corrected chi connectivity index (χ4v) is 3.23. The molecule has 9 heteroatoms. The number of aromatic nitrogens is 1. The van der Waals surface area contributed by atoms with E-state index in [1.165, 1.54) is 12.1 Å². The predicted octanol–water partition coefficient (Wildman–Crippen LogP) is 3.89. The number of hydrogen-bond acceptors (Lipinski definition) is 4. The highest BCUT2D eigenvalue weighted by Crippen LogP contribution is 2.25. The minimum atomic E-state index is -0.816. The maximum atomic E-state index is 13.4. The molecule has 1 atom stereocenters. The van der Waals surface area contributed by atoms with Gasteiger partial charge in [0.15, 0.2) is 23.4 Å². The molecule has 1 aromatic carbocycles. The molecule has 3 rings (SSSR count). The third-order valence-corrected chi connectivity index (χ3v) is 4.93. The topological polar surface area (TPSA) is 65.7 Å². The van der Waals surface area contributed by atoms with Crippen molar-refractivity contribution < 1.29 is 13.3 Å². The first-order valence-corrected chi connectivity index (χ1v) is 9.56. The van der Waals surface area contributed by atoms with Gasteiger partial charge in [0.05, 0.1) is 12.2 Å². The smallest absolute Gasteiger partial charge is 0.191 e. The van der Waals surface area contributed by atoms with Crippen LogP contribution in [0.2, 0.25) is 0 Å². The Labute approximate surface area is 187 Å². The Bertz CT molecular complexity index is 827. The number of benzene rings is 1. The van der Waals surface area contributed by atoms with E-state index in [0.29, 0.717) is 24.3 Å². The average Bonchev–Trinajstić information content (AvgIpc) is 3.34. The summed E-state index contributed by atoms with van der Waals surface area (Å²) in [7, 11) is 1.72. The van der Waals surface area contributed by atoms with Crippen LogP contribution in [-0.4, -0.2) is 37.8 Å². The highest BCUT2D eigenvalue weighted by molar-refractivity contribution is 14.0. The molecule has 2 N–H and O–H groups in total. The van der Waals surface area contributed by atoms with Crippen molar-refractivity contribution in [3.63, 3.8) is 0 Å². The fourth-order valence-electron chi connectivity index (χ4n) is 3.23. The first-order chi connectivity index (χ1) is 13.5. The Morgan fingerprint density at radius 3 is 2.72 bits per heavy atom. The number of aliphatic imine (C=N–C) groups is 1. The van der Waals surface area contributed by atoms with Crippen LogP contribution in [-0.2, 0) is 6.54 Å². The number of anilines is 1. The zero-order valence-electron chi connectivity index (χ0n) is 16.9. The molecular formula is C20H28F2IN5O. The number of nitrogens with one attached hydrogen (secondary N) is 2. The molecule has 29 heavy (non-hydrogen) atoms. The Morgan fingerprint density at radius 2 is 2.07 bits per heavy atom. The van der Waals surface area contributed by atoms with E-state index >= 15 is 0 Å². The number of nitrogens with zero attached hydrogens (tertiary/aromatic N) is 3. The Hall–Kier alpha value is -1.91. The summed E-state index contributed by atoms with van der Waals surface area (Å²) in [5, 5.41) is 10.6. The van der Waals surface area contributed by atoms with Crippen LogP contribution in [0.1, 0.15) is 37.6 Å². The van der Waals surface area contributed by atoms with E-state index in [2.05, 4.69) is 39.5 Å². The molecule has 1 aromatic heterocycles. The summed E-state index contributed by atoms with van der Waals surface area (Å²) in [6.45, 7) is 6.99. The minimum Gasteiger partial charge on any atom is -0.371 e. The predicted molar refractivity (Wildman–Crippen MR) is 121 cm³/mol. The van der Waals surface area contributed by atoms with Gasteiger partial charge in [-0.1, -0.05) is 19.0 Å². The van der Waals surface area contributed by atoms with Crippen molar-refractivity contribution in [2.75, 3.05) is 31.6 Å². The molecule has 1 unspecified atom stereocenters. The van der Waals surface area contributed by atoms with Crippen LogP contribution in [0.3, 0.4) is 0 Å². The summed E-state index contributed by atoms with van der Waals surface area (Å²) < 4.78 is 31.9. The lowest BCUT2D eigenvalue weighted by Gasteiger charge is -2.19. The van der Waals surface area contributed by atoms with Gasteiger partial charge in [0, 0.05) is 44.5 Å². The van der Waals surface area contributed by atoms with E-state index in [-0.39, 0.29) is 24.0 Å². The summed E-state index contributed by atoms with van der Waals surface area (Å²) in [6, 6.07) is 6.00. The first-order valence-electron chi connectivity index (χ1n) is 9.56. The summed E-state index contributed by atoms with van der Waals surface area (Å²) in [6.07, 6.45) is 0.975. The van der Waals surface area contributed by atoms with Crippen LogP contribution in [0.15, 0.2) is 33.8 Å². The molecular weight excluding hydrogens is 491 g/mol. The maximum absolute atomic E-state index is 13.4. The Morgan fingerprint density at radius 1 is 1.28 bits per heavy atom. The molecule has 0 saturated carbocycles. The molecule has 0 spiro atoms. The summed E-state index contributed by atoms with van der Waals surface area (Å²) >= 11 is 0. The molecule has 0 aliphatic carbocycles. The van der Waals surface area contributed by atoms with E-state index in [1.54, 1.807) is 13.1 Å². The standard InChI is InChI=1S/C20H27F2N5O.HI/c1-13(2)19-9-16(28-26-19)11-25-20(23-3)24-10-14-6-7-27(12-14)15-4-5-17(21)18(22)8-15;/h4-5,8-9,13-14H,6-7,10-12H2,1-3H3,(H2,23,24,25);1H. The molecule has 2 heterocycles. The maximum Gasteiger partial charge on any atom is 0.191 e. The fraction of sp³-hybridized carbons (Fsp3) is 0.500. The van der Waals surface area contributed by atoms with E-state index in [9.17, 15) is 8.78 Å². The quantitative estimate of drug-likeness (QED) is 0.345. The van der Waals surface area contributed by atoms with Gasteiger partial charge in [-0.3, -0.25) is 4.99 Å². The summed E-state index contributed by atoms with van der Waals surface area (Å²) in [5.41, 5.74) is 1.65. The van der Waals surface area contributed by atoms with Gasteiger partial charge in [-0.15, -0.1) is 24.0 Å². The van der Waals surface area contributed by atoms with Gasteiger partial charge in [0.2, 0.25) is 0 Å². The molecule has 1 aliphatic heterocycles. The van der Waals surface area contributed by atoms with Crippen molar-refractivity contribution in [2.24, 2.45) is 10.9 Å². The van der Waals surface area contributed by atoms with E-state index in [1.807, 2.05) is 6.07 Å². The summed E-state index contributed by atoms with van der Waals surface area (Å²) in [4.78, 5) is 6.31. The molecule has 2 aromatic rings. The number of hydrogen-bond donors (Lipinski definition) is 2. The number of halogens is 3. The Balaban J connectivity index is 0.00000300. The van der Waals surface area contributed by atoms with Crippen molar-refractivity contribution in [1.82, 2.24) is 15.8 Å². The van der Waals surface area contributed by atoms with Crippen molar-refractivity contribution in [1.29, 1.82) is 0 Å². The highest BCUT2D eigenvalue weighted by Gasteiger charge is 2.23. The lowest BCUT2D eigenvalue weighted by molar-refractivity contribution is 0.371. The molecule has 0 bridgehead atoms. The molecule has 160 valence electrons. The lowest BCUT2D eigenvalue weighted by atomic mass is 10.1. The second-order valence-corrected chi connectivity index (χ2v) is 7.38. The SMILES string of the molecule is CN=C(NCc1cc(C(C)C)no1)NCC1CCN(c2ccc(F)c(F)c2)C1.I. The normalized spacial score (nSPS) is 16.8. The van der Waals surface area contributed by atoms with Crippen molar-refractivity contribution in [2.45, 2.75) is 32.7 Å². The number of guanidine groups is 1. The van der Waals surface area contributed by atoms with E-state index in [0.717, 1.165) is 43.2 Å². The van der Waals surface area contributed by atoms with Gasteiger partial charge >= 0.3 is 0 Å². The van der Waals surface area contributed by atoms with Crippen LogP contribution in [0.25, 0.3) is 0 Å². The van der Waals surface area contributed by atoms with Crippen LogP contribution in [0.5, 0.6) is 0 Å². The first kappa shape index (κ1) is 23.4. The second kappa shape index (κ2) is 10.7. The minimum absolute atomic E-state index is 0. The van der Waals surface area contributed by atoms with Gasteiger partial charge in [0.25, 0.3) is 0 Å². The summed E-state index contributed by atoms with van der Waals surface area (Å²) in [5.74, 6) is 0.546. The monoisotopic (exact) mass is 519 g/mol. The highest BCUT2D eigenvalue weighted by atomic mass is 127. The van der Waals surface area contributed by atoms with Crippen molar-refractivity contribution >= 4 is 35.6 Å². The molecule has 0 amide bonds. The third kappa shape index (κ3) is 6.28. The largest absolute Gasteiger partial charge is 0.371 e. The molecule has 6 nitrogen and oxygen atoms in total. The van der Waals surface area contributed by atoms with Gasteiger partial charge in [-0.2, -0.15) is 0 Å². The molecule has 1 fully saturated rings. The third-order valence-electron chi connectivity index (χ3n) is 4.93. The average molecular weight is 519 g/mol. The zero-order chi connectivity index (χ0) is 20.1. The van der Waals surface area contributed by atoms with Crippen LogP contribution >= 0.6 is 24.0 Å². The van der Waals surface area contributed by atoms with Gasteiger partial charge in [-0.05, 0) is 30.4 Å². The van der Waals surface area contributed by atoms with Crippen molar-refractivity contribution in [3.8, 4) is 0 Å². The van der Waals surface area contributed by atoms with Gasteiger partial charge in [-0.25, -0.2) is 8.78 Å². The van der Waals surface area contributed by atoms with Crippen LogP contribution in [0, 0.1) is 17.6 Å². The van der Waals surface area contributed by atoms with E-state index in [4.69, 9.17) is 4.52 Å². The van der Waals surface area contributed by atoms with Gasteiger partial charge in [0.1, 0.15) is 0 Å². The number of rotatable bonds is 6. The molecule has 0 radical (unpaired) electrons. The second-order valence-electron chi connectivity index (χ2n) is 7.38. The van der Waals surface area contributed by atoms with Crippen LogP contribution < -0.4 is 15.5 Å². The Kier molecular flexibility index (Phi) is 8.66. The van der Waals surface area contributed by atoms with E-state index < -0.39 is 11.6 Å². The van der Waals surface area contributed by atoms with Crippen molar-refractivity contribution in [3.05, 3.63) is 47.4 Å². The zero-order valence-corrected chi connectivity index (χ0v) is 19.2. The van der Waals surface area contributed by atoms with Gasteiger partial charge < -0.3 is 20.1 Å². The molecule has 1 aliphatic rings. The lowest BCUT2D eigenvalue weighted by Crippen LogP contribution is -2.39.